The Morgan fingerprint density at radius 1 is 1.43 bits per heavy atom. The third kappa shape index (κ3) is 3.05. The predicted molar refractivity (Wildman–Crippen MR) is 80.8 cm³/mol. The van der Waals surface area contributed by atoms with E-state index in [-0.39, 0.29) is 17.2 Å². The Morgan fingerprint density at radius 2 is 2.29 bits per heavy atom. The van der Waals surface area contributed by atoms with Gasteiger partial charge in [0.15, 0.2) is 0 Å². The SMILES string of the molecule is Cc1ccc(C2SCCN2C(=O)Nc2cccc(F)c2)o1. The number of urea groups is 1. The summed E-state index contributed by atoms with van der Waals surface area (Å²) in [4.78, 5) is 14.1. The maximum atomic E-state index is 13.2. The highest BCUT2D eigenvalue weighted by Crippen LogP contribution is 2.38. The number of furan rings is 1. The van der Waals surface area contributed by atoms with E-state index in [2.05, 4.69) is 5.32 Å². The zero-order valence-electron chi connectivity index (χ0n) is 11.5. The Morgan fingerprint density at radius 3 is 3.00 bits per heavy atom. The molecule has 2 amide bonds. The number of nitrogens with zero attached hydrogens (tertiary/aromatic N) is 1. The van der Waals surface area contributed by atoms with Crippen LogP contribution >= 0.6 is 11.8 Å². The lowest BCUT2D eigenvalue weighted by Gasteiger charge is -2.22. The predicted octanol–water partition coefficient (Wildman–Crippen LogP) is 4.01. The number of thioether (sulfide) groups is 1. The number of anilines is 1. The van der Waals surface area contributed by atoms with Gasteiger partial charge in [-0.2, -0.15) is 0 Å². The molecule has 0 bridgehead atoms. The van der Waals surface area contributed by atoms with E-state index in [0.717, 1.165) is 17.3 Å². The Kier molecular flexibility index (Phi) is 3.88. The molecule has 0 aliphatic carbocycles. The van der Waals surface area contributed by atoms with Gasteiger partial charge in [0.1, 0.15) is 22.7 Å². The molecule has 4 nitrogen and oxygen atoms in total. The first-order valence-electron chi connectivity index (χ1n) is 6.64. The number of nitrogens with one attached hydrogen (secondary N) is 1. The fraction of sp³-hybridized carbons (Fsp3) is 0.267. The Labute approximate surface area is 126 Å². The van der Waals surface area contributed by atoms with Gasteiger partial charge in [-0.15, -0.1) is 11.8 Å². The van der Waals surface area contributed by atoms with Crippen molar-refractivity contribution in [2.24, 2.45) is 0 Å². The second-order valence-electron chi connectivity index (χ2n) is 4.81. The first kappa shape index (κ1) is 14.0. The van der Waals surface area contributed by atoms with E-state index >= 15 is 0 Å². The van der Waals surface area contributed by atoms with Gasteiger partial charge in [-0.1, -0.05) is 6.07 Å². The lowest BCUT2D eigenvalue weighted by molar-refractivity contribution is 0.209. The molecule has 2 heterocycles. The van der Waals surface area contributed by atoms with Crippen LogP contribution in [0.1, 0.15) is 16.9 Å². The molecule has 3 rings (SSSR count). The number of hydrogen-bond acceptors (Lipinski definition) is 3. The number of amides is 2. The molecule has 0 spiro atoms. The van der Waals surface area contributed by atoms with Crippen molar-refractivity contribution in [3.63, 3.8) is 0 Å². The molecule has 1 saturated heterocycles. The first-order valence-corrected chi connectivity index (χ1v) is 7.69. The fourth-order valence-corrected chi connectivity index (χ4v) is 3.46. The summed E-state index contributed by atoms with van der Waals surface area (Å²) in [5, 5.41) is 2.59. The molecule has 1 unspecified atom stereocenters. The van der Waals surface area contributed by atoms with Crippen LogP contribution in [0.2, 0.25) is 0 Å². The number of aryl methyl sites for hydroxylation is 1. The summed E-state index contributed by atoms with van der Waals surface area (Å²) in [6.45, 7) is 2.51. The van der Waals surface area contributed by atoms with Gasteiger partial charge in [-0.05, 0) is 37.3 Å². The van der Waals surface area contributed by atoms with Crippen molar-refractivity contribution in [2.45, 2.75) is 12.3 Å². The van der Waals surface area contributed by atoms with Gasteiger partial charge in [-0.25, -0.2) is 9.18 Å². The van der Waals surface area contributed by atoms with E-state index < -0.39 is 0 Å². The van der Waals surface area contributed by atoms with E-state index in [1.165, 1.54) is 12.1 Å². The number of hydrogen-bond donors (Lipinski definition) is 1. The lowest BCUT2D eigenvalue weighted by atomic mass is 10.3. The average Bonchev–Trinajstić information content (AvgIpc) is 3.06. The molecule has 1 aliphatic heterocycles. The standard InChI is InChI=1S/C15H15FN2O2S/c1-10-5-6-13(20-10)14-18(7-8-21-14)15(19)17-12-4-2-3-11(16)9-12/h2-6,9,14H,7-8H2,1H3,(H,17,19). The van der Waals surface area contributed by atoms with Gasteiger partial charge < -0.3 is 14.6 Å². The largest absolute Gasteiger partial charge is 0.463 e. The summed E-state index contributed by atoms with van der Waals surface area (Å²) in [5.74, 6) is 2.07. The summed E-state index contributed by atoms with van der Waals surface area (Å²) in [6, 6.07) is 9.40. The van der Waals surface area contributed by atoms with E-state index in [1.807, 2.05) is 19.1 Å². The summed E-state index contributed by atoms with van der Waals surface area (Å²) in [5.41, 5.74) is 0.450. The minimum absolute atomic E-state index is 0.132. The Bertz CT molecular complexity index is 659. The Hall–Kier alpha value is -1.95. The van der Waals surface area contributed by atoms with E-state index in [9.17, 15) is 9.18 Å². The van der Waals surface area contributed by atoms with Crippen LogP contribution in [0, 0.1) is 12.7 Å². The van der Waals surface area contributed by atoms with Gasteiger partial charge in [0, 0.05) is 18.0 Å². The highest BCUT2D eigenvalue weighted by molar-refractivity contribution is 7.99. The third-order valence-electron chi connectivity index (χ3n) is 3.23. The number of carbonyl (C=O) groups is 1. The zero-order valence-corrected chi connectivity index (χ0v) is 12.3. The topological polar surface area (TPSA) is 45.5 Å². The minimum atomic E-state index is -0.373. The van der Waals surface area contributed by atoms with Gasteiger partial charge >= 0.3 is 6.03 Å². The Balaban J connectivity index is 1.74. The van der Waals surface area contributed by atoms with Crippen LogP contribution in [0.3, 0.4) is 0 Å². The highest BCUT2D eigenvalue weighted by atomic mass is 32.2. The van der Waals surface area contributed by atoms with Crippen molar-refractivity contribution in [1.82, 2.24) is 4.90 Å². The molecule has 1 aliphatic rings. The maximum absolute atomic E-state index is 13.2. The molecular weight excluding hydrogens is 291 g/mol. The van der Waals surface area contributed by atoms with Crippen LogP contribution in [0.5, 0.6) is 0 Å². The van der Waals surface area contributed by atoms with Crippen molar-refractivity contribution in [1.29, 1.82) is 0 Å². The second kappa shape index (κ2) is 5.81. The molecule has 1 aromatic carbocycles. The molecule has 1 atom stereocenters. The van der Waals surface area contributed by atoms with Crippen LogP contribution in [0.4, 0.5) is 14.9 Å². The molecule has 2 aromatic rings. The number of halogens is 1. The van der Waals surface area contributed by atoms with Crippen molar-refractivity contribution in [3.8, 4) is 0 Å². The van der Waals surface area contributed by atoms with Crippen LogP contribution < -0.4 is 5.32 Å². The molecule has 110 valence electrons. The van der Waals surface area contributed by atoms with Crippen molar-refractivity contribution in [3.05, 3.63) is 53.7 Å². The van der Waals surface area contributed by atoms with Crippen LogP contribution in [-0.4, -0.2) is 23.2 Å². The van der Waals surface area contributed by atoms with Gasteiger partial charge in [0.2, 0.25) is 0 Å². The number of rotatable bonds is 2. The second-order valence-corrected chi connectivity index (χ2v) is 5.99. The van der Waals surface area contributed by atoms with Crippen LogP contribution in [-0.2, 0) is 0 Å². The van der Waals surface area contributed by atoms with Crippen molar-refractivity contribution in [2.75, 3.05) is 17.6 Å². The van der Waals surface area contributed by atoms with E-state index in [0.29, 0.717) is 12.2 Å². The molecule has 1 fully saturated rings. The summed E-state index contributed by atoms with van der Waals surface area (Å²) in [6.07, 6.45) is 0. The monoisotopic (exact) mass is 306 g/mol. The molecule has 0 radical (unpaired) electrons. The average molecular weight is 306 g/mol. The molecule has 0 saturated carbocycles. The van der Waals surface area contributed by atoms with Gasteiger partial charge in [0.05, 0.1) is 0 Å². The third-order valence-corrected chi connectivity index (χ3v) is 4.45. The molecule has 6 heteroatoms. The smallest absolute Gasteiger partial charge is 0.323 e. The molecule has 21 heavy (non-hydrogen) atoms. The fourth-order valence-electron chi connectivity index (χ4n) is 2.26. The minimum Gasteiger partial charge on any atom is -0.463 e. The number of carbonyl (C=O) groups excluding carboxylic acids is 1. The summed E-state index contributed by atoms with van der Waals surface area (Å²) >= 11 is 1.66. The first-order chi connectivity index (χ1) is 10.1. The normalized spacial score (nSPS) is 18.0. The van der Waals surface area contributed by atoms with Crippen molar-refractivity contribution >= 4 is 23.5 Å². The van der Waals surface area contributed by atoms with Gasteiger partial charge in [0.25, 0.3) is 0 Å². The van der Waals surface area contributed by atoms with Gasteiger partial charge in [-0.3, -0.25) is 0 Å². The summed E-state index contributed by atoms with van der Waals surface area (Å²) < 4.78 is 18.8. The molecular formula is C15H15FN2O2S. The van der Waals surface area contributed by atoms with E-state index in [1.54, 1.807) is 28.8 Å². The lowest BCUT2D eigenvalue weighted by Crippen LogP contribution is -2.34. The maximum Gasteiger partial charge on any atom is 0.323 e. The zero-order chi connectivity index (χ0) is 14.8. The molecule has 1 aromatic heterocycles. The number of benzene rings is 1. The van der Waals surface area contributed by atoms with Crippen molar-refractivity contribution < 1.29 is 13.6 Å². The quantitative estimate of drug-likeness (QED) is 0.912. The summed E-state index contributed by atoms with van der Waals surface area (Å²) in [7, 11) is 0. The van der Waals surface area contributed by atoms with Crippen LogP contribution in [0.25, 0.3) is 0 Å². The highest BCUT2D eigenvalue weighted by Gasteiger charge is 2.32. The van der Waals surface area contributed by atoms with E-state index in [4.69, 9.17) is 4.42 Å². The van der Waals surface area contributed by atoms with Crippen LogP contribution in [0.15, 0.2) is 40.8 Å². The molecule has 1 N–H and O–H groups in total.